The maximum atomic E-state index is 12.6. The lowest BCUT2D eigenvalue weighted by Gasteiger charge is -2.10. The number of carbonyl (C=O) groups is 1. The van der Waals surface area contributed by atoms with Gasteiger partial charge in [0.2, 0.25) is 0 Å². The zero-order chi connectivity index (χ0) is 19.6. The summed E-state index contributed by atoms with van der Waals surface area (Å²) >= 11 is 12.2. The van der Waals surface area contributed by atoms with E-state index in [2.05, 4.69) is 15.6 Å². The summed E-state index contributed by atoms with van der Waals surface area (Å²) in [6.07, 6.45) is 0. The number of nitrogens with one attached hydrogen (secondary N) is 1. The van der Waals surface area contributed by atoms with Crippen LogP contribution in [0.25, 0.3) is 5.69 Å². The molecule has 3 rings (SSSR count). The van der Waals surface area contributed by atoms with Gasteiger partial charge in [-0.1, -0.05) is 28.4 Å². The van der Waals surface area contributed by atoms with Crippen LogP contribution in [0.2, 0.25) is 10.0 Å². The minimum atomic E-state index is -0.416. The Bertz CT molecular complexity index is 1000. The van der Waals surface area contributed by atoms with Gasteiger partial charge in [-0.2, -0.15) is 0 Å². The summed E-state index contributed by atoms with van der Waals surface area (Å²) in [6, 6.07) is 10.1. The second-order valence-electron chi connectivity index (χ2n) is 5.55. The largest absolute Gasteiger partial charge is 0.495 e. The van der Waals surface area contributed by atoms with Crippen molar-refractivity contribution in [3.05, 3.63) is 57.8 Å². The molecule has 0 aliphatic carbocycles. The van der Waals surface area contributed by atoms with Crippen LogP contribution in [0.4, 0.5) is 5.69 Å². The third-order valence-electron chi connectivity index (χ3n) is 3.89. The van der Waals surface area contributed by atoms with E-state index >= 15 is 0 Å². The lowest BCUT2D eigenvalue weighted by Crippen LogP contribution is -2.14. The first-order valence-corrected chi connectivity index (χ1v) is 8.61. The van der Waals surface area contributed by atoms with E-state index in [1.807, 2.05) is 0 Å². The number of anilines is 1. The first-order valence-electron chi connectivity index (χ1n) is 7.85. The van der Waals surface area contributed by atoms with Crippen molar-refractivity contribution in [2.45, 2.75) is 6.92 Å². The number of nitrogens with zero attached hydrogens (tertiary/aromatic N) is 3. The number of methoxy groups -OCH3 is 2. The Morgan fingerprint density at radius 1 is 1.07 bits per heavy atom. The highest BCUT2D eigenvalue weighted by Gasteiger charge is 2.20. The second kappa shape index (κ2) is 7.85. The Morgan fingerprint density at radius 3 is 2.44 bits per heavy atom. The van der Waals surface area contributed by atoms with E-state index in [4.69, 9.17) is 32.7 Å². The smallest absolute Gasteiger partial charge is 0.278 e. The number of hydrogen-bond acceptors (Lipinski definition) is 5. The predicted octanol–water partition coefficient (Wildman–Crippen LogP) is 4.15. The van der Waals surface area contributed by atoms with E-state index in [-0.39, 0.29) is 5.69 Å². The van der Waals surface area contributed by atoms with Gasteiger partial charge in [0.15, 0.2) is 5.69 Å². The number of benzene rings is 2. The number of halogens is 2. The molecule has 2 aromatic carbocycles. The first-order chi connectivity index (χ1) is 12.9. The summed E-state index contributed by atoms with van der Waals surface area (Å²) in [6.45, 7) is 1.73. The molecule has 0 aliphatic heterocycles. The molecule has 1 heterocycles. The first kappa shape index (κ1) is 19.0. The fraction of sp³-hybridized carbons (Fsp3) is 0.167. The van der Waals surface area contributed by atoms with Crippen molar-refractivity contribution >= 4 is 34.8 Å². The van der Waals surface area contributed by atoms with Crippen LogP contribution in [-0.2, 0) is 0 Å². The zero-order valence-corrected chi connectivity index (χ0v) is 16.3. The van der Waals surface area contributed by atoms with Crippen LogP contribution >= 0.6 is 23.2 Å². The average molecular weight is 407 g/mol. The molecule has 0 aliphatic rings. The number of aromatic nitrogens is 3. The highest BCUT2D eigenvalue weighted by Crippen LogP contribution is 2.29. The molecule has 0 saturated carbocycles. The van der Waals surface area contributed by atoms with Crippen LogP contribution in [-0.4, -0.2) is 35.1 Å². The molecular weight excluding hydrogens is 391 g/mol. The molecule has 0 spiro atoms. The van der Waals surface area contributed by atoms with Crippen LogP contribution in [0.3, 0.4) is 0 Å². The van der Waals surface area contributed by atoms with Crippen LogP contribution in [0.1, 0.15) is 16.2 Å². The summed E-state index contributed by atoms with van der Waals surface area (Å²) in [7, 11) is 3.06. The van der Waals surface area contributed by atoms with Crippen LogP contribution in [0.15, 0.2) is 36.4 Å². The number of rotatable bonds is 5. The third kappa shape index (κ3) is 3.84. The van der Waals surface area contributed by atoms with Crippen molar-refractivity contribution in [2.75, 3.05) is 19.5 Å². The highest BCUT2D eigenvalue weighted by molar-refractivity contribution is 6.32. The summed E-state index contributed by atoms with van der Waals surface area (Å²) in [4.78, 5) is 12.6. The van der Waals surface area contributed by atoms with E-state index in [9.17, 15) is 4.79 Å². The van der Waals surface area contributed by atoms with Crippen molar-refractivity contribution in [3.63, 3.8) is 0 Å². The quantitative estimate of drug-likeness (QED) is 0.688. The Kier molecular flexibility index (Phi) is 5.53. The fourth-order valence-electron chi connectivity index (χ4n) is 2.53. The van der Waals surface area contributed by atoms with Gasteiger partial charge in [0.25, 0.3) is 5.91 Å². The SMILES string of the molecule is COc1ccc(NC(=O)c2nnn(-c3cc(Cl)ccc3OC)c2C)cc1Cl. The predicted molar refractivity (Wildman–Crippen MR) is 104 cm³/mol. The van der Waals surface area contributed by atoms with E-state index in [0.717, 1.165) is 0 Å². The van der Waals surface area contributed by atoms with Gasteiger partial charge >= 0.3 is 0 Å². The molecule has 0 saturated heterocycles. The summed E-state index contributed by atoms with van der Waals surface area (Å²) < 4.78 is 11.9. The number of amides is 1. The molecule has 1 aromatic heterocycles. The highest BCUT2D eigenvalue weighted by atomic mass is 35.5. The monoisotopic (exact) mass is 406 g/mol. The van der Waals surface area contributed by atoms with E-state index < -0.39 is 5.91 Å². The molecule has 3 aromatic rings. The molecule has 7 nitrogen and oxygen atoms in total. The lowest BCUT2D eigenvalue weighted by atomic mass is 10.2. The second-order valence-corrected chi connectivity index (χ2v) is 6.40. The van der Waals surface area contributed by atoms with Gasteiger partial charge in [0.05, 0.1) is 24.9 Å². The molecule has 27 heavy (non-hydrogen) atoms. The number of carbonyl (C=O) groups excluding carboxylic acids is 1. The fourth-order valence-corrected chi connectivity index (χ4v) is 2.95. The van der Waals surface area contributed by atoms with Crippen LogP contribution in [0.5, 0.6) is 11.5 Å². The van der Waals surface area contributed by atoms with E-state index in [1.54, 1.807) is 50.4 Å². The standard InChI is InChI=1S/C18H16Cl2N4O3/c1-10-17(18(25)21-12-5-7-15(26-2)13(20)9-12)22-23-24(10)14-8-11(19)4-6-16(14)27-3/h4-9H,1-3H3,(H,21,25). The van der Waals surface area contributed by atoms with Gasteiger partial charge in [-0.05, 0) is 43.3 Å². The van der Waals surface area contributed by atoms with Gasteiger partial charge in [-0.25, -0.2) is 4.68 Å². The molecule has 1 N–H and O–H groups in total. The normalized spacial score (nSPS) is 10.6. The molecule has 1 amide bonds. The van der Waals surface area contributed by atoms with Crippen molar-refractivity contribution in [1.29, 1.82) is 0 Å². The Labute approximate surface area is 165 Å². The average Bonchev–Trinajstić information content (AvgIpc) is 3.03. The van der Waals surface area contributed by atoms with Crippen molar-refractivity contribution < 1.29 is 14.3 Å². The lowest BCUT2D eigenvalue weighted by molar-refractivity contribution is 0.102. The van der Waals surface area contributed by atoms with Gasteiger partial charge in [-0.15, -0.1) is 5.10 Å². The summed E-state index contributed by atoms with van der Waals surface area (Å²) in [5.41, 5.74) is 1.80. The molecule has 140 valence electrons. The van der Waals surface area contributed by atoms with Crippen LogP contribution in [0, 0.1) is 6.92 Å². The van der Waals surface area contributed by atoms with Crippen molar-refractivity contribution in [2.24, 2.45) is 0 Å². The van der Waals surface area contributed by atoms with Gasteiger partial charge in [0, 0.05) is 10.7 Å². The van der Waals surface area contributed by atoms with Crippen molar-refractivity contribution in [3.8, 4) is 17.2 Å². The Morgan fingerprint density at radius 2 is 1.78 bits per heavy atom. The topological polar surface area (TPSA) is 78.3 Å². The maximum Gasteiger partial charge on any atom is 0.278 e. The van der Waals surface area contributed by atoms with Crippen molar-refractivity contribution in [1.82, 2.24) is 15.0 Å². The molecule has 0 atom stereocenters. The number of hydrogen-bond donors (Lipinski definition) is 1. The minimum Gasteiger partial charge on any atom is -0.495 e. The summed E-state index contributed by atoms with van der Waals surface area (Å²) in [5.74, 6) is 0.659. The maximum absolute atomic E-state index is 12.6. The van der Waals surface area contributed by atoms with Crippen LogP contribution < -0.4 is 14.8 Å². The Balaban J connectivity index is 1.90. The zero-order valence-electron chi connectivity index (χ0n) is 14.8. The molecule has 9 heteroatoms. The number of ether oxygens (including phenoxy) is 2. The van der Waals surface area contributed by atoms with E-state index in [1.165, 1.54) is 11.8 Å². The molecule has 0 fully saturated rings. The van der Waals surface area contributed by atoms with Gasteiger partial charge in [-0.3, -0.25) is 4.79 Å². The molecular formula is C18H16Cl2N4O3. The Hall–Kier alpha value is -2.77. The minimum absolute atomic E-state index is 0.170. The van der Waals surface area contributed by atoms with Gasteiger partial charge < -0.3 is 14.8 Å². The molecule has 0 unspecified atom stereocenters. The van der Waals surface area contributed by atoms with E-state index in [0.29, 0.717) is 38.6 Å². The molecule has 0 radical (unpaired) electrons. The third-order valence-corrected chi connectivity index (χ3v) is 4.42. The van der Waals surface area contributed by atoms with Gasteiger partial charge in [0.1, 0.15) is 17.2 Å². The molecule has 0 bridgehead atoms. The summed E-state index contributed by atoms with van der Waals surface area (Å²) in [5, 5.41) is 11.7.